The van der Waals surface area contributed by atoms with E-state index in [2.05, 4.69) is 0 Å². The standard InChI is InChI=1S/C13H16FNO2/c1-3-17-13(16)9-6-10-15(2)12-8-5-4-7-11(12)14/h4-9H,3,10H2,1-2H3/b9-6+. The van der Waals surface area contributed by atoms with Crippen LogP contribution in [0.3, 0.4) is 0 Å². The van der Waals surface area contributed by atoms with Crippen LogP contribution in [-0.2, 0) is 9.53 Å². The Kier molecular flexibility index (Phi) is 5.20. The summed E-state index contributed by atoms with van der Waals surface area (Å²) in [6, 6.07) is 6.50. The molecule has 0 aromatic heterocycles. The molecule has 0 atom stereocenters. The first-order chi connectivity index (χ1) is 8.15. The van der Waals surface area contributed by atoms with Gasteiger partial charge in [0, 0.05) is 19.7 Å². The van der Waals surface area contributed by atoms with Crippen LogP contribution in [-0.4, -0.2) is 26.2 Å². The van der Waals surface area contributed by atoms with Crippen molar-refractivity contribution in [3.63, 3.8) is 0 Å². The van der Waals surface area contributed by atoms with Gasteiger partial charge in [-0.3, -0.25) is 0 Å². The van der Waals surface area contributed by atoms with Crippen molar-refractivity contribution in [2.24, 2.45) is 0 Å². The third-order valence-corrected chi connectivity index (χ3v) is 2.18. The number of esters is 1. The molecule has 0 spiro atoms. The molecule has 0 bridgehead atoms. The molecule has 92 valence electrons. The fourth-order valence-electron chi connectivity index (χ4n) is 1.36. The number of rotatable bonds is 5. The molecule has 0 unspecified atom stereocenters. The second-order valence-corrected chi connectivity index (χ2v) is 3.49. The lowest BCUT2D eigenvalue weighted by molar-refractivity contribution is -0.137. The van der Waals surface area contributed by atoms with Crippen molar-refractivity contribution in [1.29, 1.82) is 0 Å². The number of benzene rings is 1. The SMILES string of the molecule is CCOC(=O)/C=C/CN(C)c1ccccc1F. The van der Waals surface area contributed by atoms with Crippen LogP contribution in [0.1, 0.15) is 6.92 Å². The Labute approximate surface area is 100 Å². The van der Waals surface area contributed by atoms with E-state index in [1.807, 2.05) is 0 Å². The predicted molar refractivity (Wildman–Crippen MR) is 65.4 cm³/mol. The number of para-hydroxylation sites is 1. The summed E-state index contributed by atoms with van der Waals surface area (Å²) >= 11 is 0. The highest BCUT2D eigenvalue weighted by Crippen LogP contribution is 2.16. The minimum atomic E-state index is -0.380. The molecule has 17 heavy (non-hydrogen) atoms. The van der Waals surface area contributed by atoms with Gasteiger partial charge in [0.1, 0.15) is 5.82 Å². The number of anilines is 1. The number of halogens is 1. The van der Waals surface area contributed by atoms with Gasteiger partial charge in [0.15, 0.2) is 0 Å². The summed E-state index contributed by atoms with van der Waals surface area (Å²) in [7, 11) is 1.76. The quantitative estimate of drug-likeness (QED) is 0.581. The third-order valence-electron chi connectivity index (χ3n) is 2.18. The van der Waals surface area contributed by atoms with Gasteiger partial charge in [-0.25, -0.2) is 9.18 Å². The largest absolute Gasteiger partial charge is 0.463 e. The normalized spacial score (nSPS) is 10.5. The fourth-order valence-corrected chi connectivity index (χ4v) is 1.36. The van der Waals surface area contributed by atoms with Gasteiger partial charge in [-0.2, -0.15) is 0 Å². The summed E-state index contributed by atoms with van der Waals surface area (Å²) in [5.74, 6) is -0.658. The summed E-state index contributed by atoms with van der Waals surface area (Å²) in [4.78, 5) is 12.7. The van der Waals surface area contributed by atoms with E-state index in [1.54, 1.807) is 43.1 Å². The number of ether oxygens (including phenoxy) is 1. The number of likely N-dealkylation sites (N-methyl/N-ethyl adjacent to an activating group) is 1. The average Bonchev–Trinajstić information content (AvgIpc) is 2.29. The van der Waals surface area contributed by atoms with E-state index in [0.29, 0.717) is 18.8 Å². The lowest BCUT2D eigenvalue weighted by Crippen LogP contribution is -2.18. The van der Waals surface area contributed by atoms with Crippen LogP contribution in [0.5, 0.6) is 0 Å². The van der Waals surface area contributed by atoms with Crippen molar-refractivity contribution in [3.8, 4) is 0 Å². The van der Waals surface area contributed by atoms with E-state index >= 15 is 0 Å². The van der Waals surface area contributed by atoms with Crippen LogP contribution in [0.15, 0.2) is 36.4 Å². The molecule has 0 radical (unpaired) electrons. The van der Waals surface area contributed by atoms with Gasteiger partial charge in [0.2, 0.25) is 0 Å². The number of hydrogen-bond donors (Lipinski definition) is 0. The molecule has 1 aromatic carbocycles. The predicted octanol–water partition coefficient (Wildman–Crippen LogP) is 2.38. The average molecular weight is 237 g/mol. The maximum Gasteiger partial charge on any atom is 0.330 e. The molecule has 1 aromatic rings. The van der Waals surface area contributed by atoms with E-state index in [0.717, 1.165) is 0 Å². The number of hydrogen-bond acceptors (Lipinski definition) is 3. The lowest BCUT2D eigenvalue weighted by atomic mass is 10.3. The first kappa shape index (κ1) is 13.2. The minimum Gasteiger partial charge on any atom is -0.463 e. The summed E-state index contributed by atoms with van der Waals surface area (Å²) in [5.41, 5.74) is 0.501. The van der Waals surface area contributed by atoms with Crippen LogP contribution in [0, 0.1) is 5.82 Å². The van der Waals surface area contributed by atoms with Gasteiger partial charge in [0.05, 0.1) is 12.3 Å². The summed E-state index contributed by atoms with van der Waals surface area (Å²) < 4.78 is 18.1. The topological polar surface area (TPSA) is 29.5 Å². The molecule has 3 nitrogen and oxygen atoms in total. The molecule has 0 N–H and O–H groups in total. The summed E-state index contributed by atoms with van der Waals surface area (Å²) in [5, 5.41) is 0. The monoisotopic (exact) mass is 237 g/mol. The smallest absolute Gasteiger partial charge is 0.330 e. The fraction of sp³-hybridized carbons (Fsp3) is 0.308. The Morgan fingerprint density at radius 1 is 1.47 bits per heavy atom. The van der Waals surface area contributed by atoms with Gasteiger partial charge in [-0.15, -0.1) is 0 Å². The molecular formula is C13H16FNO2. The minimum absolute atomic E-state index is 0.278. The molecule has 1 rings (SSSR count). The third kappa shape index (κ3) is 4.26. The van der Waals surface area contributed by atoms with E-state index in [4.69, 9.17) is 4.74 Å². The van der Waals surface area contributed by atoms with Crippen molar-refractivity contribution in [2.45, 2.75) is 6.92 Å². The lowest BCUT2D eigenvalue weighted by Gasteiger charge is -2.17. The van der Waals surface area contributed by atoms with Crippen LogP contribution >= 0.6 is 0 Å². The molecule has 0 heterocycles. The Bertz CT molecular complexity index is 404. The van der Waals surface area contributed by atoms with Gasteiger partial charge < -0.3 is 9.64 Å². The molecule has 0 aliphatic carbocycles. The van der Waals surface area contributed by atoms with E-state index in [1.165, 1.54) is 12.1 Å². The van der Waals surface area contributed by atoms with E-state index in [9.17, 15) is 9.18 Å². The number of carbonyl (C=O) groups excluding carboxylic acids is 1. The van der Waals surface area contributed by atoms with Gasteiger partial charge in [0.25, 0.3) is 0 Å². The first-order valence-electron chi connectivity index (χ1n) is 5.44. The van der Waals surface area contributed by atoms with Crippen LogP contribution in [0.2, 0.25) is 0 Å². The molecule has 4 heteroatoms. The summed E-state index contributed by atoms with van der Waals surface area (Å²) in [6.07, 6.45) is 2.99. The number of carbonyl (C=O) groups is 1. The molecule has 0 aliphatic heterocycles. The Balaban J connectivity index is 2.53. The van der Waals surface area contributed by atoms with Crippen molar-refractivity contribution in [1.82, 2.24) is 0 Å². The second kappa shape index (κ2) is 6.68. The first-order valence-corrected chi connectivity index (χ1v) is 5.44. The maximum atomic E-state index is 13.4. The Morgan fingerprint density at radius 3 is 2.82 bits per heavy atom. The Morgan fingerprint density at radius 2 is 2.18 bits per heavy atom. The van der Waals surface area contributed by atoms with Crippen molar-refractivity contribution >= 4 is 11.7 Å². The van der Waals surface area contributed by atoms with Crippen molar-refractivity contribution in [3.05, 3.63) is 42.2 Å². The number of nitrogens with zero attached hydrogens (tertiary/aromatic N) is 1. The maximum absolute atomic E-state index is 13.4. The molecule has 0 aliphatic rings. The highest BCUT2D eigenvalue weighted by Gasteiger charge is 2.04. The summed E-state index contributed by atoms with van der Waals surface area (Å²) in [6.45, 7) is 2.54. The highest BCUT2D eigenvalue weighted by molar-refractivity contribution is 5.81. The van der Waals surface area contributed by atoms with Gasteiger partial charge >= 0.3 is 5.97 Å². The zero-order valence-corrected chi connectivity index (χ0v) is 10.0. The molecular weight excluding hydrogens is 221 g/mol. The van der Waals surface area contributed by atoms with Gasteiger partial charge in [-0.1, -0.05) is 18.2 Å². The van der Waals surface area contributed by atoms with E-state index in [-0.39, 0.29) is 11.8 Å². The van der Waals surface area contributed by atoms with Crippen LogP contribution in [0.4, 0.5) is 10.1 Å². The van der Waals surface area contributed by atoms with Crippen molar-refractivity contribution in [2.75, 3.05) is 25.1 Å². The second-order valence-electron chi connectivity index (χ2n) is 3.49. The molecule has 0 amide bonds. The van der Waals surface area contributed by atoms with Crippen LogP contribution < -0.4 is 4.90 Å². The zero-order valence-electron chi connectivity index (χ0n) is 10.0. The van der Waals surface area contributed by atoms with Gasteiger partial charge in [-0.05, 0) is 19.1 Å². The van der Waals surface area contributed by atoms with Crippen molar-refractivity contribution < 1.29 is 13.9 Å². The Hall–Kier alpha value is -1.84. The zero-order chi connectivity index (χ0) is 12.7. The molecule has 0 saturated heterocycles. The van der Waals surface area contributed by atoms with Crippen LogP contribution in [0.25, 0.3) is 0 Å². The van der Waals surface area contributed by atoms with E-state index < -0.39 is 0 Å². The molecule has 0 saturated carbocycles. The highest BCUT2D eigenvalue weighted by atomic mass is 19.1. The molecule has 0 fully saturated rings.